The van der Waals surface area contributed by atoms with Crippen LogP contribution in [-0.4, -0.2) is 85.6 Å². The fraction of sp³-hybridized carbons (Fsp3) is 1.00. The average Bonchev–Trinajstić information content (AvgIpc) is 3.04. The van der Waals surface area contributed by atoms with Crippen LogP contribution in [0.2, 0.25) is 0 Å². The third-order valence-corrected chi connectivity index (χ3v) is 11.8. The van der Waals surface area contributed by atoms with Gasteiger partial charge in [-0.15, -0.1) is 0 Å². The van der Waals surface area contributed by atoms with Gasteiger partial charge in [0.2, 0.25) is 0 Å². The van der Waals surface area contributed by atoms with Gasteiger partial charge in [0.15, 0.2) is 0 Å². The van der Waals surface area contributed by atoms with Gasteiger partial charge in [0.05, 0.1) is 0 Å². The number of hydrogen-bond donors (Lipinski definition) is 0. The van der Waals surface area contributed by atoms with Crippen LogP contribution in [0.15, 0.2) is 0 Å². The molecule has 1 unspecified atom stereocenters. The van der Waals surface area contributed by atoms with Gasteiger partial charge >= 0.3 is 168 Å². The summed E-state index contributed by atoms with van der Waals surface area (Å²) >= 11 is 7.68. The first-order valence-electron chi connectivity index (χ1n) is 8.19. The van der Waals surface area contributed by atoms with Crippen molar-refractivity contribution in [2.75, 3.05) is 25.6 Å². The van der Waals surface area contributed by atoms with Gasteiger partial charge in [-0.3, -0.25) is 0 Å². The zero-order valence-corrected chi connectivity index (χ0v) is 20.2. The predicted octanol–water partition coefficient (Wildman–Crippen LogP) is 2.43. The van der Waals surface area contributed by atoms with Gasteiger partial charge in [0.25, 0.3) is 0 Å². The van der Waals surface area contributed by atoms with E-state index in [0.717, 1.165) is 5.75 Å². The van der Waals surface area contributed by atoms with Crippen molar-refractivity contribution in [3.63, 3.8) is 0 Å². The van der Waals surface area contributed by atoms with E-state index in [1.54, 1.807) is 11.8 Å². The van der Waals surface area contributed by atoms with Crippen LogP contribution in [0.25, 0.3) is 0 Å². The summed E-state index contributed by atoms with van der Waals surface area (Å²) in [7, 11) is 0. The Labute approximate surface area is 167 Å². The SMILES string of the molecule is CCS[C@H]1O[C@H]2[C@H](OP3(=[Se])OC[C@H]2O3)[C@H]1OP1(=[Se])OCC(C)(C)CO1. The summed E-state index contributed by atoms with van der Waals surface area (Å²) in [5, 5.41) is 0. The Kier molecular flexibility index (Phi) is 5.94. The van der Waals surface area contributed by atoms with Crippen LogP contribution in [0.1, 0.15) is 20.8 Å². The van der Waals surface area contributed by atoms with Crippen LogP contribution >= 0.6 is 24.1 Å². The third-order valence-electron chi connectivity index (χ3n) is 4.29. The minimum absolute atomic E-state index is 0.0148. The fourth-order valence-electron chi connectivity index (χ4n) is 3.03. The number of thioether (sulfide) groups is 1. The maximum absolute atomic E-state index is 6.37. The van der Waals surface area contributed by atoms with Crippen LogP contribution in [-0.2, 0) is 31.9 Å². The molecule has 7 nitrogen and oxygen atoms in total. The Balaban J connectivity index is 1.54. The minimum atomic E-state index is -2.54. The second-order valence-corrected chi connectivity index (χ2v) is 17.3. The van der Waals surface area contributed by atoms with Crippen molar-refractivity contribution in [3.8, 4) is 0 Å². The van der Waals surface area contributed by atoms with Crippen molar-refractivity contribution >= 4 is 54.3 Å². The van der Waals surface area contributed by atoms with Gasteiger partial charge < -0.3 is 0 Å². The number of rotatable bonds is 4. The zero-order valence-electron chi connectivity index (χ0n) is 14.2. The second-order valence-electron chi connectivity index (χ2n) is 7.11. The number of ether oxygens (including phenoxy) is 1. The quantitative estimate of drug-likeness (QED) is 0.397. The maximum atomic E-state index is 6.37. The fourth-order valence-corrected chi connectivity index (χ4v) is 10.3. The topological polar surface area (TPSA) is 64.6 Å². The summed E-state index contributed by atoms with van der Waals surface area (Å²) in [6.45, 7) is 7.99. The van der Waals surface area contributed by atoms with E-state index in [1.807, 2.05) is 0 Å². The van der Waals surface area contributed by atoms with Crippen LogP contribution in [0, 0.1) is 5.41 Å². The first-order valence-corrected chi connectivity index (χ1v) is 16.8. The molecule has 0 aromatic carbocycles. The molecule has 0 N–H and O–H groups in total. The normalized spacial score (nSPS) is 47.6. The van der Waals surface area contributed by atoms with Gasteiger partial charge in [0.1, 0.15) is 0 Å². The molecule has 4 fully saturated rings. The zero-order chi connectivity index (χ0) is 17.9. The molecular formula is C13H22O7P2SSe2. The van der Waals surface area contributed by atoms with E-state index in [-0.39, 0.29) is 35.3 Å². The number of fused-ring (bicyclic) bond motifs is 4. The Hall–Kier alpha value is 1.97. The predicted molar refractivity (Wildman–Crippen MR) is 98.4 cm³/mol. The van der Waals surface area contributed by atoms with Gasteiger partial charge in [0, 0.05) is 0 Å². The van der Waals surface area contributed by atoms with Crippen molar-refractivity contribution in [2.24, 2.45) is 5.41 Å². The molecule has 12 heteroatoms. The molecule has 0 amide bonds. The average molecular weight is 542 g/mol. The Morgan fingerprint density at radius 1 is 1.12 bits per heavy atom. The number of hydrogen-bond acceptors (Lipinski definition) is 8. The Bertz CT molecular complexity index is 621. The van der Waals surface area contributed by atoms with Gasteiger partial charge in [-0.05, 0) is 0 Å². The van der Waals surface area contributed by atoms with Crippen LogP contribution in [0.5, 0.6) is 0 Å². The molecule has 0 saturated carbocycles. The van der Waals surface area contributed by atoms with E-state index in [0.29, 0.717) is 19.8 Å². The molecule has 4 aliphatic rings. The van der Waals surface area contributed by atoms with E-state index in [4.69, 9.17) is 31.9 Å². The molecule has 0 spiro atoms. The van der Waals surface area contributed by atoms with Gasteiger partial charge in [-0.25, -0.2) is 0 Å². The molecule has 0 radical (unpaired) electrons. The summed E-state index contributed by atoms with van der Waals surface area (Å²) in [4.78, 5) is 0. The van der Waals surface area contributed by atoms with E-state index in [9.17, 15) is 0 Å². The molecule has 0 aromatic heterocycles. The molecule has 4 aliphatic heterocycles. The first-order chi connectivity index (χ1) is 11.7. The summed E-state index contributed by atoms with van der Waals surface area (Å²) in [5.74, 6) is 0.915. The third kappa shape index (κ3) is 4.15. The van der Waals surface area contributed by atoms with E-state index >= 15 is 0 Å². The van der Waals surface area contributed by atoms with E-state index in [1.165, 1.54) is 0 Å². The van der Waals surface area contributed by atoms with Gasteiger partial charge in [-0.1, -0.05) is 0 Å². The summed E-state index contributed by atoms with van der Waals surface area (Å²) in [6.07, 6.45) is -5.81. The summed E-state index contributed by atoms with van der Waals surface area (Å²) in [5.41, 5.74) is -0.165. The summed E-state index contributed by atoms with van der Waals surface area (Å²) < 4.78 is 42.3. The van der Waals surface area contributed by atoms with Crippen molar-refractivity contribution in [2.45, 2.75) is 50.6 Å². The van der Waals surface area contributed by atoms with Crippen molar-refractivity contribution in [1.82, 2.24) is 0 Å². The molecule has 4 rings (SSSR count). The van der Waals surface area contributed by atoms with Crippen molar-refractivity contribution in [1.29, 1.82) is 0 Å². The molecule has 4 saturated heterocycles. The molecular weight excluding hydrogens is 520 g/mol. The second kappa shape index (κ2) is 7.34. The molecule has 0 aromatic rings. The van der Waals surface area contributed by atoms with Crippen molar-refractivity contribution < 1.29 is 31.9 Å². The Morgan fingerprint density at radius 3 is 2.52 bits per heavy atom. The standard InChI is InChI=1S/C13H22O7P2SSe2/c1-4-23-12-11(20-21(24)15-6-13(2,3)7-16-21)10-9(17-12)8-5-14-22(25,18-8)19-10/h8-12H,4-7H2,1-3H3/t8-,9-,10+,11-,12-,22?/m1/s1. The first kappa shape index (κ1) is 20.3. The summed E-state index contributed by atoms with van der Waals surface area (Å²) in [6, 6.07) is 0. The van der Waals surface area contributed by atoms with Crippen LogP contribution in [0.4, 0.5) is 0 Å². The molecule has 2 bridgehead atoms. The molecule has 0 aliphatic carbocycles. The van der Waals surface area contributed by atoms with Crippen LogP contribution < -0.4 is 0 Å². The molecule has 4 heterocycles. The van der Waals surface area contributed by atoms with Gasteiger partial charge in [-0.2, -0.15) is 0 Å². The molecule has 25 heavy (non-hydrogen) atoms. The van der Waals surface area contributed by atoms with E-state index < -0.39 is 12.4 Å². The molecule has 144 valence electrons. The molecule has 6 atom stereocenters. The monoisotopic (exact) mass is 544 g/mol. The van der Waals surface area contributed by atoms with E-state index in [2.05, 4.69) is 51.0 Å². The Morgan fingerprint density at radius 2 is 1.84 bits per heavy atom. The van der Waals surface area contributed by atoms with Crippen molar-refractivity contribution in [3.05, 3.63) is 0 Å². The van der Waals surface area contributed by atoms with Crippen LogP contribution in [0.3, 0.4) is 0 Å².